The summed E-state index contributed by atoms with van der Waals surface area (Å²) < 4.78 is 10.6. The maximum absolute atomic E-state index is 12.8. The van der Waals surface area contributed by atoms with Crippen LogP contribution in [0.25, 0.3) is 0 Å². The molecule has 3 rings (SSSR count). The highest BCUT2D eigenvalue weighted by Gasteiger charge is 2.26. The van der Waals surface area contributed by atoms with Gasteiger partial charge in [0.15, 0.2) is 11.5 Å². The first-order valence-electron chi connectivity index (χ1n) is 11.8. The van der Waals surface area contributed by atoms with Crippen molar-refractivity contribution in [2.24, 2.45) is 5.92 Å². The highest BCUT2D eigenvalue weighted by Crippen LogP contribution is 2.28. The maximum atomic E-state index is 12.8. The number of Topliss-reactive ketones (excluding diaryl/α,β-unsaturated/α-hetero) is 1. The van der Waals surface area contributed by atoms with Crippen LogP contribution in [0.5, 0.6) is 11.5 Å². The lowest BCUT2D eigenvalue weighted by Gasteiger charge is -2.18. The van der Waals surface area contributed by atoms with Gasteiger partial charge in [-0.3, -0.25) is 14.4 Å². The largest absolute Gasteiger partial charge is 0.493 e. The number of ketones is 1. The van der Waals surface area contributed by atoms with Crippen molar-refractivity contribution in [2.75, 3.05) is 14.2 Å². The maximum Gasteiger partial charge on any atom is 0.275 e. The molecule has 0 saturated heterocycles. The van der Waals surface area contributed by atoms with Crippen LogP contribution < -0.4 is 20.3 Å². The normalized spacial score (nSPS) is 12.4. The monoisotopic (exact) mass is 492 g/mol. The SMILES string of the molecule is COc1ccc(Cc2nnc(C(C)NC(=O)C(CCCc3ccccc3)C(C)=O)c(=O)[nH]2)cc1OC. The summed E-state index contributed by atoms with van der Waals surface area (Å²) in [6, 6.07) is 14.6. The van der Waals surface area contributed by atoms with Gasteiger partial charge in [0, 0.05) is 6.42 Å². The summed E-state index contributed by atoms with van der Waals surface area (Å²) in [5.74, 6) is 0.132. The van der Waals surface area contributed by atoms with Gasteiger partial charge in [0.05, 0.1) is 26.2 Å². The molecule has 3 aromatic rings. The smallest absolute Gasteiger partial charge is 0.275 e. The number of carbonyl (C=O) groups is 2. The molecular formula is C27H32N4O5. The van der Waals surface area contributed by atoms with Gasteiger partial charge in [0.1, 0.15) is 17.3 Å². The third kappa shape index (κ3) is 7.00. The van der Waals surface area contributed by atoms with Gasteiger partial charge < -0.3 is 19.8 Å². The Kier molecular flexibility index (Phi) is 9.32. The van der Waals surface area contributed by atoms with Crippen molar-refractivity contribution >= 4 is 11.7 Å². The number of nitrogens with one attached hydrogen (secondary N) is 2. The molecular weight excluding hydrogens is 460 g/mol. The molecule has 0 saturated carbocycles. The van der Waals surface area contributed by atoms with Crippen LogP contribution in [-0.2, 0) is 22.4 Å². The number of hydrogen-bond acceptors (Lipinski definition) is 7. The number of amides is 1. The summed E-state index contributed by atoms with van der Waals surface area (Å²) in [4.78, 5) is 40.4. The van der Waals surface area contributed by atoms with E-state index in [2.05, 4.69) is 20.5 Å². The molecule has 36 heavy (non-hydrogen) atoms. The predicted molar refractivity (Wildman–Crippen MR) is 135 cm³/mol. The molecule has 9 heteroatoms. The molecule has 2 unspecified atom stereocenters. The molecule has 9 nitrogen and oxygen atoms in total. The summed E-state index contributed by atoms with van der Waals surface area (Å²) in [6.07, 6.45) is 2.23. The molecule has 2 aromatic carbocycles. The second-order valence-corrected chi connectivity index (χ2v) is 8.62. The minimum absolute atomic E-state index is 0.0750. The highest BCUT2D eigenvalue weighted by molar-refractivity contribution is 6.00. The number of benzene rings is 2. The number of rotatable bonds is 12. The van der Waals surface area contributed by atoms with Crippen molar-refractivity contribution in [3.8, 4) is 11.5 Å². The standard InChI is InChI=1S/C27H32N4O5/c1-17(28-26(33)21(18(2)32)12-8-11-19-9-6-5-7-10-19)25-27(34)29-24(30-31-25)16-20-13-14-22(35-3)23(15-20)36-4/h5-7,9-10,13-15,17,21H,8,11-12,16H2,1-4H3,(H,28,33)(H,29,30,34). The number of aromatic nitrogens is 3. The Morgan fingerprint density at radius 2 is 1.72 bits per heavy atom. The van der Waals surface area contributed by atoms with Crippen LogP contribution in [0.1, 0.15) is 55.4 Å². The summed E-state index contributed by atoms with van der Waals surface area (Å²) in [5.41, 5.74) is 1.64. The van der Waals surface area contributed by atoms with Crippen molar-refractivity contribution in [2.45, 2.75) is 45.6 Å². The molecule has 1 aromatic heterocycles. The summed E-state index contributed by atoms with van der Waals surface area (Å²) in [7, 11) is 3.11. The average molecular weight is 493 g/mol. The van der Waals surface area contributed by atoms with Crippen molar-refractivity contribution in [1.82, 2.24) is 20.5 Å². The van der Waals surface area contributed by atoms with Crippen LogP contribution in [0.15, 0.2) is 53.3 Å². The van der Waals surface area contributed by atoms with Crippen molar-refractivity contribution in [3.05, 3.63) is 81.5 Å². The number of carbonyl (C=O) groups excluding carboxylic acids is 2. The van der Waals surface area contributed by atoms with Gasteiger partial charge in [0.25, 0.3) is 5.56 Å². The van der Waals surface area contributed by atoms with Gasteiger partial charge in [-0.25, -0.2) is 0 Å². The lowest BCUT2D eigenvalue weighted by atomic mass is 9.95. The topological polar surface area (TPSA) is 123 Å². The quantitative estimate of drug-likeness (QED) is 0.372. The van der Waals surface area contributed by atoms with Gasteiger partial charge in [-0.05, 0) is 56.4 Å². The Balaban J connectivity index is 1.62. The minimum atomic E-state index is -0.785. The number of hydrogen-bond donors (Lipinski definition) is 2. The Morgan fingerprint density at radius 3 is 2.36 bits per heavy atom. The molecule has 1 amide bonds. The highest BCUT2D eigenvalue weighted by atomic mass is 16.5. The van der Waals surface area contributed by atoms with Gasteiger partial charge in [-0.2, -0.15) is 0 Å². The van der Waals surface area contributed by atoms with Crippen LogP contribution in [-0.4, -0.2) is 41.1 Å². The number of methoxy groups -OCH3 is 2. The number of aromatic amines is 1. The molecule has 0 radical (unpaired) electrons. The Hall–Kier alpha value is -4.01. The molecule has 2 N–H and O–H groups in total. The molecule has 0 aliphatic carbocycles. The first-order chi connectivity index (χ1) is 17.3. The number of ether oxygens (including phenoxy) is 2. The van der Waals surface area contributed by atoms with E-state index in [1.54, 1.807) is 33.3 Å². The van der Waals surface area contributed by atoms with Crippen molar-refractivity contribution in [3.63, 3.8) is 0 Å². The van der Waals surface area contributed by atoms with E-state index in [1.165, 1.54) is 6.92 Å². The minimum Gasteiger partial charge on any atom is -0.493 e. The number of H-pyrrole nitrogens is 1. The molecule has 0 fully saturated rings. The predicted octanol–water partition coefficient (Wildman–Crippen LogP) is 3.18. The fraction of sp³-hybridized carbons (Fsp3) is 0.370. The number of nitrogens with zero attached hydrogens (tertiary/aromatic N) is 2. The molecule has 190 valence electrons. The molecule has 0 aliphatic heterocycles. The van der Waals surface area contributed by atoms with Gasteiger partial charge in [0.2, 0.25) is 5.91 Å². The molecule has 0 bridgehead atoms. The summed E-state index contributed by atoms with van der Waals surface area (Å²) in [5, 5.41) is 10.9. The van der Waals surface area contributed by atoms with E-state index in [9.17, 15) is 14.4 Å². The lowest BCUT2D eigenvalue weighted by molar-refractivity contribution is -0.133. The molecule has 2 atom stereocenters. The van der Waals surface area contributed by atoms with Crippen LogP contribution in [0, 0.1) is 5.92 Å². The summed E-state index contributed by atoms with van der Waals surface area (Å²) in [6.45, 7) is 3.05. The van der Waals surface area contributed by atoms with Crippen LogP contribution in [0.3, 0.4) is 0 Å². The lowest BCUT2D eigenvalue weighted by Crippen LogP contribution is -2.38. The zero-order valence-corrected chi connectivity index (χ0v) is 21.0. The first-order valence-corrected chi connectivity index (χ1v) is 11.8. The Morgan fingerprint density at radius 1 is 1.00 bits per heavy atom. The van der Waals surface area contributed by atoms with E-state index in [4.69, 9.17) is 9.47 Å². The van der Waals surface area contributed by atoms with Gasteiger partial charge in [-0.1, -0.05) is 36.4 Å². The summed E-state index contributed by atoms with van der Waals surface area (Å²) >= 11 is 0. The molecule has 0 spiro atoms. The van der Waals surface area contributed by atoms with Crippen LogP contribution in [0.4, 0.5) is 0 Å². The van der Waals surface area contributed by atoms with Gasteiger partial charge in [-0.15, -0.1) is 10.2 Å². The zero-order valence-electron chi connectivity index (χ0n) is 21.0. The zero-order chi connectivity index (χ0) is 26.1. The van der Waals surface area contributed by atoms with Crippen LogP contribution >= 0.6 is 0 Å². The number of aryl methyl sites for hydroxylation is 1. The van der Waals surface area contributed by atoms with E-state index < -0.39 is 23.4 Å². The van der Waals surface area contributed by atoms with E-state index in [0.29, 0.717) is 36.6 Å². The van der Waals surface area contributed by atoms with E-state index in [0.717, 1.165) is 17.5 Å². The van der Waals surface area contributed by atoms with Crippen molar-refractivity contribution in [1.29, 1.82) is 0 Å². The first kappa shape index (κ1) is 26.6. The Bertz CT molecular complexity index is 1240. The van der Waals surface area contributed by atoms with E-state index in [-0.39, 0.29) is 11.5 Å². The van der Waals surface area contributed by atoms with Crippen molar-refractivity contribution < 1.29 is 19.1 Å². The third-order valence-corrected chi connectivity index (χ3v) is 5.97. The second kappa shape index (κ2) is 12.6. The Labute approximate surface area is 210 Å². The average Bonchev–Trinajstić information content (AvgIpc) is 2.86. The second-order valence-electron chi connectivity index (χ2n) is 8.62. The van der Waals surface area contributed by atoms with E-state index in [1.807, 2.05) is 36.4 Å². The fourth-order valence-electron chi connectivity index (χ4n) is 3.98. The van der Waals surface area contributed by atoms with Gasteiger partial charge >= 0.3 is 0 Å². The third-order valence-electron chi connectivity index (χ3n) is 5.97. The molecule has 0 aliphatic rings. The van der Waals surface area contributed by atoms with Crippen LogP contribution in [0.2, 0.25) is 0 Å². The molecule has 1 heterocycles. The fourth-order valence-corrected chi connectivity index (χ4v) is 3.98. The van der Waals surface area contributed by atoms with E-state index >= 15 is 0 Å².